The summed E-state index contributed by atoms with van der Waals surface area (Å²) in [6.45, 7) is -0.0415. The van der Waals surface area contributed by atoms with Crippen molar-refractivity contribution in [1.82, 2.24) is 15.3 Å². The maximum absolute atomic E-state index is 12.0. The molecule has 5 N–H and O–H groups in total. The van der Waals surface area contributed by atoms with Crippen LogP contribution in [0.1, 0.15) is 18.4 Å². The van der Waals surface area contributed by atoms with Crippen LogP contribution in [0, 0.1) is 5.41 Å². The summed E-state index contributed by atoms with van der Waals surface area (Å²) in [5.41, 5.74) is 9.38. The number of carbonyl (C=O) groups excluding carboxylic acids is 1. The lowest BCUT2D eigenvalue weighted by atomic mass is 10.1. The lowest BCUT2D eigenvalue weighted by Gasteiger charge is -2.13. The van der Waals surface area contributed by atoms with Gasteiger partial charge in [0.15, 0.2) is 12.4 Å². The first kappa shape index (κ1) is 24.8. The van der Waals surface area contributed by atoms with Crippen molar-refractivity contribution in [1.29, 1.82) is 5.41 Å². The molecule has 1 heterocycles. The van der Waals surface area contributed by atoms with Crippen LogP contribution in [0.3, 0.4) is 0 Å². The minimum atomic E-state index is -0.124. The topological polar surface area (TPSA) is 135 Å². The Balaban J connectivity index is 1.45. The van der Waals surface area contributed by atoms with Crippen LogP contribution >= 0.6 is 0 Å². The Morgan fingerprint density at radius 2 is 1.89 bits per heavy atom. The van der Waals surface area contributed by atoms with Gasteiger partial charge in [0, 0.05) is 40.7 Å². The molecule has 192 valence electrons. The highest BCUT2D eigenvalue weighted by molar-refractivity contribution is 6.08. The zero-order valence-corrected chi connectivity index (χ0v) is 20.9. The van der Waals surface area contributed by atoms with Gasteiger partial charge in [-0.1, -0.05) is 24.3 Å². The quantitative estimate of drug-likeness (QED) is 0.229. The number of anilines is 2. The molecule has 9 nitrogen and oxygen atoms in total. The van der Waals surface area contributed by atoms with Crippen LogP contribution in [-0.2, 0) is 4.79 Å². The van der Waals surface area contributed by atoms with Gasteiger partial charge in [-0.05, 0) is 60.9 Å². The molecule has 0 unspecified atom stereocenters. The van der Waals surface area contributed by atoms with E-state index in [0.717, 1.165) is 40.6 Å². The summed E-state index contributed by atoms with van der Waals surface area (Å²) in [6, 6.07) is 20.9. The molecule has 38 heavy (non-hydrogen) atoms. The van der Waals surface area contributed by atoms with Gasteiger partial charge >= 0.3 is 0 Å². The van der Waals surface area contributed by atoms with Crippen molar-refractivity contribution in [3.05, 3.63) is 78.5 Å². The summed E-state index contributed by atoms with van der Waals surface area (Å²) < 4.78 is 11.1. The van der Waals surface area contributed by atoms with Crippen molar-refractivity contribution in [2.24, 2.45) is 5.73 Å². The fourth-order valence-corrected chi connectivity index (χ4v) is 3.94. The first-order valence-corrected chi connectivity index (χ1v) is 12.2. The Morgan fingerprint density at radius 3 is 2.61 bits per heavy atom. The summed E-state index contributed by atoms with van der Waals surface area (Å²) in [4.78, 5) is 21.6. The number of rotatable bonds is 10. The zero-order chi connectivity index (χ0) is 26.5. The Hall–Kier alpha value is -4.92. The Morgan fingerprint density at radius 1 is 1.08 bits per heavy atom. The number of benzene rings is 3. The van der Waals surface area contributed by atoms with Crippen LogP contribution in [0.5, 0.6) is 11.5 Å². The van der Waals surface area contributed by atoms with E-state index in [2.05, 4.69) is 10.6 Å². The molecule has 3 aromatic carbocycles. The largest absolute Gasteiger partial charge is 0.497 e. The SMILES string of the molecule is COc1ccc2nc(-c3cccc(OCC(=O)NC4CC4)c3)nc(Nc3ccc(/C(C=N)=C/N)cc3)c2c1. The Kier molecular flexibility index (Phi) is 7.17. The molecule has 9 heteroatoms. The van der Waals surface area contributed by atoms with E-state index >= 15 is 0 Å². The fourth-order valence-electron chi connectivity index (χ4n) is 3.94. The molecule has 1 saturated carbocycles. The highest BCUT2D eigenvalue weighted by atomic mass is 16.5. The van der Waals surface area contributed by atoms with E-state index in [1.807, 2.05) is 60.7 Å². The minimum Gasteiger partial charge on any atom is -0.497 e. The van der Waals surface area contributed by atoms with Gasteiger partial charge in [0.05, 0.1) is 12.6 Å². The molecule has 0 aliphatic heterocycles. The van der Waals surface area contributed by atoms with Crippen molar-refractivity contribution in [2.45, 2.75) is 18.9 Å². The maximum Gasteiger partial charge on any atom is 0.258 e. The lowest BCUT2D eigenvalue weighted by molar-refractivity contribution is -0.123. The average molecular weight is 509 g/mol. The number of fused-ring (bicyclic) bond motifs is 1. The van der Waals surface area contributed by atoms with Crippen molar-refractivity contribution in [2.75, 3.05) is 19.0 Å². The van der Waals surface area contributed by atoms with Gasteiger partial charge in [-0.2, -0.15) is 0 Å². The second-order valence-corrected chi connectivity index (χ2v) is 8.91. The predicted octanol–water partition coefficient (Wildman–Crippen LogP) is 4.66. The molecule has 1 aliphatic rings. The first-order valence-electron chi connectivity index (χ1n) is 12.2. The molecule has 0 saturated heterocycles. The molecular weight excluding hydrogens is 480 g/mol. The molecule has 0 spiro atoms. The second-order valence-electron chi connectivity index (χ2n) is 8.91. The van der Waals surface area contributed by atoms with Crippen molar-refractivity contribution < 1.29 is 14.3 Å². The monoisotopic (exact) mass is 508 g/mol. The van der Waals surface area contributed by atoms with Crippen LogP contribution in [0.25, 0.3) is 27.9 Å². The third-order valence-electron chi connectivity index (χ3n) is 6.12. The van der Waals surface area contributed by atoms with Crippen LogP contribution in [0.15, 0.2) is 72.9 Å². The van der Waals surface area contributed by atoms with Gasteiger partial charge in [0.25, 0.3) is 5.91 Å². The van der Waals surface area contributed by atoms with Crippen LogP contribution in [-0.4, -0.2) is 41.8 Å². The van der Waals surface area contributed by atoms with E-state index in [1.165, 1.54) is 12.4 Å². The van der Waals surface area contributed by atoms with E-state index in [0.29, 0.717) is 34.8 Å². The van der Waals surface area contributed by atoms with Gasteiger partial charge in [-0.25, -0.2) is 9.97 Å². The van der Waals surface area contributed by atoms with Gasteiger partial charge < -0.3 is 31.3 Å². The molecule has 0 atom stereocenters. The van der Waals surface area contributed by atoms with E-state index in [9.17, 15) is 4.79 Å². The molecule has 1 aliphatic carbocycles. The van der Waals surface area contributed by atoms with E-state index in [4.69, 9.17) is 30.6 Å². The van der Waals surface area contributed by atoms with E-state index < -0.39 is 0 Å². The molecule has 4 aromatic rings. The van der Waals surface area contributed by atoms with Crippen molar-refractivity contribution in [3.63, 3.8) is 0 Å². The highest BCUT2D eigenvalue weighted by Crippen LogP contribution is 2.31. The molecular formula is C29H28N6O3. The summed E-state index contributed by atoms with van der Waals surface area (Å²) in [7, 11) is 1.62. The van der Waals surface area contributed by atoms with Crippen LogP contribution in [0.2, 0.25) is 0 Å². The first-order chi connectivity index (χ1) is 18.6. The number of hydrogen-bond donors (Lipinski definition) is 4. The molecule has 1 aromatic heterocycles. The Labute approximate surface area is 220 Å². The molecule has 0 radical (unpaired) electrons. The second kappa shape index (κ2) is 11.0. The summed E-state index contributed by atoms with van der Waals surface area (Å²) in [5, 5.41) is 14.6. The lowest BCUT2D eigenvalue weighted by Crippen LogP contribution is -2.30. The summed E-state index contributed by atoms with van der Waals surface area (Å²) in [5.74, 6) is 2.24. The number of allylic oxidation sites excluding steroid dienone is 1. The number of hydrogen-bond acceptors (Lipinski definition) is 8. The molecule has 5 rings (SSSR count). The van der Waals surface area contributed by atoms with Crippen molar-refractivity contribution in [3.8, 4) is 22.9 Å². The predicted molar refractivity (Wildman–Crippen MR) is 149 cm³/mol. The van der Waals surface area contributed by atoms with E-state index in [-0.39, 0.29) is 12.5 Å². The average Bonchev–Trinajstić information content (AvgIpc) is 3.77. The van der Waals surface area contributed by atoms with Gasteiger partial charge in [-0.3, -0.25) is 4.79 Å². The van der Waals surface area contributed by atoms with Gasteiger partial charge in [-0.15, -0.1) is 0 Å². The number of nitrogens with zero attached hydrogens (tertiary/aromatic N) is 2. The van der Waals surface area contributed by atoms with Crippen LogP contribution < -0.4 is 25.8 Å². The zero-order valence-electron chi connectivity index (χ0n) is 20.9. The number of methoxy groups -OCH3 is 1. The standard InChI is InChI=1S/C29H28N6O3/c1-37-23-11-12-26-25(14-23)29(33-22-7-5-18(6-8-22)20(15-30)16-31)35-28(34-26)19-3-2-4-24(13-19)38-17-27(36)32-21-9-10-21/h2-8,11-16,21,30H,9-10,17,31H2,1H3,(H,32,36)(H,33,34,35)/b20-16+,30-15?. The smallest absolute Gasteiger partial charge is 0.258 e. The van der Waals surface area contributed by atoms with Crippen LogP contribution in [0.4, 0.5) is 11.5 Å². The minimum absolute atomic E-state index is 0.0415. The summed E-state index contributed by atoms with van der Waals surface area (Å²) in [6.07, 6.45) is 4.69. The van der Waals surface area contributed by atoms with E-state index in [1.54, 1.807) is 13.2 Å². The third-order valence-corrected chi connectivity index (χ3v) is 6.12. The molecule has 0 bridgehead atoms. The maximum atomic E-state index is 12.0. The normalized spacial score (nSPS) is 13.1. The Bertz CT molecular complexity index is 1510. The number of ether oxygens (including phenoxy) is 2. The highest BCUT2D eigenvalue weighted by Gasteiger charge is 2.23. The van der Waals surface area contributed by atoms with Gasteiger partial charge in [0.2, 0.25) is 0 Å². The number of nitrogens with one attached hydrogen (secondary N) is 3. The molecule has 1 amide bonds. The number of carbonyl (C=O) groups is 1. The molecule has 1 fully saturated rings. The van der Waals surface area contributed by atoms with Gasteiger partial charge in [0.1, 0.15) is 17.3 Å². The number of aromatic nitrogens is 2. The fraction of sp³-hybridized carbons (Fsp3) is 0.172. The van der Waals surface area contributed by atoms with Crippen molar-refractivity contribution >= 4 is 40.1 Å². The number of amides is 1. The summed E-state index contributed by atoms with van der Waals surface area (Å²) >= 11 is 0. The number of nitrogens with two attached hydrogens (primary N) is 1. The third kappa shape index (κ3) is 5.73.